The van der Waals surface area contributed by atoms with Crippen LogP contribution in [0.25, 0.3) is 0 Å². The fourth-order valence-electron chi connectivity index (χ4n) is 4.25. The van der Waals surface area contributed by atoms with E-state index in [1.165, 1.54) is 11.1 Å². The molecule has 1 N–H and O–H groups in total. The molecule has 1 saturated heterocycles. The van der Waals surface area contributed by atoms with Crippen molar-refractivity contribution in [3.8, 4) is 5.75 Å². The van der Waals surface area contributed by atoms with Gasteiger partial charge in [-0.05, 0) is 67.3 Å². The number of carbonyl (C=O) groups is 1. The largest absolute Gasteiger partial charge is 0.493 e. The van der Waals surface area contributed by atoms with Crippen molar-refractivity contribution in [2.24, 2.45) is 0 Å². The lowest BCUT2D eigenvalue weighted by Gasteiger charge is -2.37. The van der Waals surface area contributed by atoms with Crippen LogP contribution in [0.2, 0.25) is 0 Å². The van der Waals surface area contributed by atoms with Crippen molar-refractivity contribution in [2.45, 2.75) is 26.7 Å². The van der Waals surface area contributed by atoms with E-state index in [0.717, 1.165) is 61.8 Å². The first-order valence-electron chi connectivity index (χ1n) is 12.0. The Labute approximate surface area is 202 Å². The Morgan fingerprint density at radius 1 is 0.971 bits per heavy atom. The van der Waals surface area contributed by atoms with Crippen molar-refractivity contribution in [3.63, 3.8) is 0 Å². The second-order valence-electron chi connectivity index (χ2n) is 8.80. The van der Waals surface area contributed by atoms with Crippen molar-refractivity contribution < 1.29 is 9.53 Å². The summed E-state index contributed by atoms with van der Waals surface area (Å²) < 4.78 is 5.86. The molecule has 34 heavy (non-hydrogen) atoms. The molecule has 1 amide bonds. The number of ether oxygens (including phenoxy) is 1. The highest BCUT2D eigenvalue weighted by Crippen LogP contribution is 2.27. The van der Waals surface area contributed by atoms with Gasteiger partial charge in [-0.2, -0.15) is 0 Å². The Morgan fingerprint density at radius 2 is 1.74 bits per heavy atom. The summed E-state index contributed by atoms with van der Waals surface area (Å²) in [5.41, 5.74) is 5.58. The molecule has 1 fully saturated rings. The summed E-state index contributed by atoms with van der Waals surface area (Å²) in [6, 6.07) is 18.2. The van der Waals surface area contributed by atoms with Crippen LogP contribution in [-0.4, -0.2) is 55.1 Å². The van der Waals surface area contributed by atoms with Crippen LogP contribution in [0.4, 0.5) is 11.4 Å². The Hall–Kier alpha value is -3.38. The maximum absolute atomic E-state index is 12.6. The highest BCUT2D eigenvalue weighted by molar-refractivity contribution is 5.94. The molecule has 0 spiro atoms. The van der Waals surface area contributed by atoms with Crippen molar-refractivity contribution in [2.75, 3.05) is 49.5 Å². The van der Waals surface area contributed by atoms with E-state index in [4.69, 9.17) is 4.74 Å². The van der Waals surface area contributed by atoms with Gasteiger partial charge in [-0.1, -0.05) is 24.3 Å². The smallest absolute Gasteiger partial charge is 0.227 e. The highest BCUT2D eigenvalue weighted by atomic mass is 16.5. The molecular weight excluding hydrogens is 424 g/mol. The molecule has 1 aromatic heterocycles. The van der Waals surface area contributed by atoms with Gasteiger partial charge in [-0.25, -0.2) is 0 Å². The maximum Gasteiger partial charge on any atom is 0.227 e. The zero-order chi connectivity index (χ0) is 23.8. The summed E-state index contributed by atoms with van der Waals surface area (Å²) in [7, 11) is 0. The Bertz CT molecular complexity index is 1080. The van der Waals surface area contributed by atoms with Crippen LogP contribution < -0.4 is 15.0 Å². The molecule has 0 aliphatic carbocycles. The quantitative estimate of drug-likeness (QED) is 0.513. The number of piperazine rings is 1. The third kappa shape index (κ3) is 6.35. The monoisotopic (exact) mass is 458 g/mol. The predicted molar refractivity (Wildman–Crippen MR) is 138 cm³/mol. The van der Waals surface area contributed by atoms with E-state index < -0.39 is 0 Å². The van der Waals surface area contributed by atoms with Crippen molar-refractivity contribution >= 4 is 17.3 Å². The van der Waals surface area contributed by atoms with Crippen LogP contribution in [0, 0.1) is 13.8 Å². The zero-order valence-corrected chi connectivity index (χ0v) is 20.2. The van der Waals surface area contributed by atoms with E-state index >= 15 is 0 Å². The first-order chi connectivity index (χ1) is 16.6. The van der Waals surface area contributed by atoms with Gasteiger partial charge in [0.2, 0.25) is 5.91 Å². The van der Waals surface area contributed by atoms with Gasteiger partial charge in [0.1, 0.15) is 5.75 Å². The number of aromatic nitrogens is 1. The summed E-state index contributed by atoms with van der Waals surface area (Å²) in [5.74, 6) is 0.809. The third-order valence-electron chi connectivity index (χ3n) is 6.50. The molecule has 2 heterocycles. The van der Waals surface area contributed by atoms with Crippen LogP contribution in [0.3, 0.4) is 0 Å². The number of anilines is 2. The van der Waals surface area contributed by atoms with Gasteiger partial charge in [-0.15, -0.1) is 0 Å². The molecule has 0 saturated carbocycles. The Kier molecular flexibility index (Phi) is 8.15. The molecule has 1 aliphatic heterocycles. The normalized spacial score (nSPS) is 14.1. The molecule has 1 aliphatic rings. The van der Waals surface area contributed by atoms with E-state index in [0.29, 0.717) is 13.0 Å². The molecule has 0 radical (unpaired) electrons. The van der Waals surface area contributed by atoms with E-state index in [1.807, 2.05) is 49.6 Å². The molecule has 2 aromatic carbocycles. The lowest BCUT2D eigenvalue weighted by atomic mass is 10.1. The summed E-state index contributed by atoms with van der Waals surface area (Å²) in [6.07, 6.45) is 5.06. The molecule has 178 valence electrons. The van der Waals surface area contributed by atoms with Gasteiger partial charge in [0.05, 0.1) is 24.4 Å². The molecule has 3 aromatic rings. The SMILES string of the molecule is Cc1cccc(OCCC(=O)Nc2ccccc2N2CCN(CCc3ccncc3)CC2)c1C. The molecular formula is C28H34N4O2. The number of rotatable bonds is 9. The fraction of sp³-hybridized carbons (Fsp3) is 0.357. The number of aryl methyl sites for hydroxylation is 1. The van der Waals surface area contributed by atoms with Gasteiger partial charge in [0.25, 0.3) is 0 Å². The number of benzene rings is 2. The molecule has 0 bridgehead atoms. The fourth-order valence-corrected chi connectivity index (χ4v) is 4.25. The van der Waals surface area contributed by atoms with Gasteiger partial charge < -0.3 is 15.0 Å². The topological polar surface area (TPSA) is 57.7 Å². The Balaban J connectivity index is 1.26. The number of nitrogens with one attached hydrogen (secondary N) is 1. The van der Waals surface area contributed by atoms with Crippen molar-refractivity contribution in [1.29, 1.82) is 0 Å². The molecule has 4 rings (SSSR count). The molecule has 6 heteroatoms. The number of amides is 1. The lowest BCUT2D eigenvalue weighted by molar-refractivity contribution is -0.116. The Morgan fingerprint density at radius 3 is 2.53 bits per heavy atom. The minimum atomic E-state index is -0.0336. The zero-order valence-electron chi connectivity index (χ0n) is 20.2. The number of pyridine rings is 1. The van der Waals surface area contributed by atoms with Gasteiger partial charge in [-0.3, -0.25) is 14.7 Å². The van der Waals surface area contributed by atoms with Gasteiger partial charge >= 0.3 is 0 Å². The van der Waals surface area contributed by atoms with Crippen LogP contribution in [-0.2, 0) is 11.2 Å². The van der Waals surface area contributed by atoms with Crippen LogP contribution >= 0.6 is 0 Å². The van der Waals surface area contributed by atoms with Crippen LogP contribution in [0.15, 0.2) is 67.0 Å². The number of nitrogens with zero attached hydrogens (tertiary/aromatic N) is 3. The van der Waals surface area contributed by atoms with Crippen molar-refractivity contribution in [3.05, 3.63) is 83.7 Å². The minimum Gasteiger partial charge on any atom is -0.493 e. The maximum atomic E-state index is 12.6. The summed E-state index contributed by atoms with van der Waals surface area (Å²) in [6.45, 7) is 9.42. The molecule has 6 nitrogen and oxygen atoms in total. The first kappa shape index (κ1) is 23.8. The van der Waals surface area contributed by atoms with E-state index in [1.54, 1.807) is 0 Å². The number of hydrogen-bond acceptors (Lipinski definition) is 5. The average Bonchev–Trinajstić information content (AvgIpc) is 2.87. The highest BCUT2D eigenvalue weighted by Gasteiger charge is 2.19. The number of carbonyl (C=O) groups excluding carboxylic acids is 1. The molecule has 0 atom stereocenters. The second kappa shape index (κ2) is 11.7. The standard InChI is InChI=1S/C28H34N4O2/c1-22-6-5-9-27(23(22)2)34-21-13-28(33)30-25-7-3-4-8-26(25)32-19-17-31(18-20-32)16-12-24-10-14-29-15-11-24/h3-11,14-15H,12-13,16-21H2,1-2H3,(H,30,33). The van der Waals surface area contributed by atoms with Gasteiger partial charge in [0.15, 0.2) is 0 Å². The summed E-state index contributed by atoms with van der Waals surface area (Å²) >= 11 is 0. The average molecular weight is 459 g/mol. The van der Waals surface area contributed by atoms with E-state index in [9.17, 15) is 4.79 Å². The van der Waals surface area contributed by atoms with Crippen LogP contribution in [0.1, 0.15) is 23.1 Å². The van der Waals surface area contributed by atoms with Gasteiger partial charge in [0, 0.05) is 45.1 Å². The summed E-state index contributed by atoms with van der Waals surface area (Å²) in [4.78, 5) is 21.6. The predicted octanol–water partition coefficient (Wildman–Crippen LogP) is 4.47. The first-order valence-corrected chi connectivity index (χ1v) is 12.0. The second-order valence-corrected chi connectivity index (χ2v) is 8.80. The number of hydrogen-bond donors (Lipinski definition) is 1. The number of para-hydroxylation sites is 2. The van der Waals surface area contributed by atoms with Crippen molar-refractivity contribution in [1.82, 2.24) is 9.88 Å². The van der Waals surface area contributed by atoms with Crippen LogP contribution in [0.5, 0.6) is 5.75 Å². The minimum absolute atomic E-state index is 0.0336. The van der Waals surface area contributed by atoms with E-state index in [-0.39, 0.29) is 5.91 Å². The summed E-state index contributed by atoms with van der Waals surface area (Å²) in [5, 5.41) is 3.10. The molecule has 0 unspecified atom stereocenters. The third-order valence-corrected chi connectivity index (χ3v) is 6.50. The lowest BCUT2D eigenvalue weighted by Crippen LogP contribution is -2.47. The van der Waals surface area contributed by atoms with E-state index in [2.05, 4.69) is 51.3 Å².